The number of halogens is 1. The molecule has 0 aliphatic carbocycles. The number of nitrogens with zero attached hydrogens (tertiary/aromatic N) is 1. The van der Waals surface area contributed by atoms with Gasteiger partial charge in [-0.05, 0) is 43.9 Å². The first-order chi connectivity index (χ1) is 9.00. The topological polar surface area (TPSA) is 63.4 Å². The number of likely N-dealkylation sites (tertiary alicyclic amines) is 1. The molecule has 1 fully saturated rings. The van der Waals surface area contributed by atoms with Crippen LogP contribution in [0.4, 0.5) is 0 Å². The summed E-state index contributed by atoms with van der Waals surface area (Å²) in [6.07, 6.45) is 2.52. The third kappa shape index (κ3) is 2.97. The minimum absolute atomic E-state index is 0.109. The molecule has 0 radical (unpaired) electrons. The van der Waals surface area contributed by atoms with Gasteiger partial charge in [-0.15, -0.1) is 0 Å². The van der Waals surface area contributed by atoms with E-state index in [1.807, 2.05) is 19.1 Å². The van der Waals surface area contributed by atoms with Crippen molar-refractivity contribution in [1.82, 2.24) is 4.90 Å². The fourth-order valence-electron chi connectivity index (χ4n) is 2.45. The zero-order valence-electron chi connectivity index (χ0n) is 10.9. The molecule has 5 heteroatoms. The lowest BCUT2D eigenvalue weighted by molar-refractivity contribution is -0.123. The van der Waals surface area contributed by atoms with Crippen molar-refractivity contribution in [3.8, 4) is 0 Å². The van der Waals surface area contributed by atoms with Crippen LogP contribution >= 0.6 is 15.9 Å². The Morgan fingerprint density at radius 3 is 2.79 bits per heavy atom. The molecule has 0 bridgehead atoms. The van der Waals surface area contributed by atoms with E-state index in [0.29, 0.717) is 18.5 Å². The first-order valence-corrected chi connectivity index (χ1v) is 7.16. The second-order valence-electron chi connectivity index (χ2n) is 4.87. The summed E-state index contributed by atoms with van der Waals surface area (Å²) in [6, 6.07) is 5.11. The van der Waals surface area contributed by atoms with Gasteiger partial charge in [0, 0.05) is 16.6 Å². The second-order valence-corrected chi connectivity index (χ2v) is 5.79. The quantitative estimate of drug-likeness (QED) is 0.906. The summed E-state index contributed by atoms with van der Waals surface area (Å²) in [5, 5.41) is 0. The zero-order chi connectivity index (χ0) is 14.0. The minimum Gasteiger partial charge on any atom is -0.368 e. The summed E-state index contributed by atoms with van der Waals surface area (Å²) in [7, 11) is 0. The first kappa shape index (κ1) is 14.1. The van der Waals surface area contributed by atoms with Gasteiger partial charge < -0.3 is 10.6 Å². The summed E-state index contributed by atoms with van der Waals surface area (Å²) in [5.41, 5.74) is 6.93. The van der Waals surface area contributed by atoms with Crippen molar-refractivity contribution in [1.29, 1.82) is 0 Å². The summed E-state index contributed by atoms with van der Waals surface area (Å²) >= 11 is 3.37. The van der Waals surface area contributed by atoms with Gasteiger partial charge in [0.05, 0.1) is 0 Å². The molecule has 1 aromatic carbocycles. The number of benzene rings is 1. The Morgan fingerprint density at radius 1 is 1.37 bits per heavy atom. The number of rotatable bonds is 2. The molecule has 0 spiro atoms. The number of primary amides is 1. The van der Waals surface area contributed by atoms with Gasteiger partial charge in [0.25, 0.3) is 5.91 Å². The highest BCUT2D eigenvalue weighted by Gasteiger charge is 2.31. The van der Waals surface area contributed by atoms with Crippen molar-refractivity contribution in [2.24, 2.45) is 5.73 Å². The van der Waals surface area contributed by atoms with Gasteiger partial charge in [0.1, 0.15) is 6.04 Å². The number of carbonyl (C=O) groups excluding carboxylic acids is 2. The number of hydrogen-bond acceptors (Lipinski definition) is 2. The first-order valence-electron chi connectivity index (χ1n) is 6.37. The largest absolute Gasteiger partial charge is 0.368 e. The Morgan fingerprint density at radius 2 is 2.11 bits per heavy atom. The lowest BCUT2D eigenvalue weighted by Gasteiger charge is -2.34. The van der Waals surface area contributed by atoms with Crippen LogP contribution in [0.1, 0.15) is 35.2 Å². The van der Waals surface area contributed by atoms with Crippen molar-refractivity contribution in [2.75, 3.05) is 6.54 Å². The van der Waals surface area contributed by atoms with E-state index in [9.17, 15) is 9.59 Å². The van der Waals surface area contributed by atoms with Crippen LogP contribution in [0.5, 0.6) is 0 Å². The third-order valence-electron chi connectivity index (χ3n) is 3.52. The predicted molar refractivity (Wildman–Crippen MR) is 76.7 cm³/mol. The van der Waals surface area contributed by atoms with E-state index in [-0.39, 0.29) is 5.91 Å². The van der Waals surface area contributed by atoms with Gasteiger partial charge in [-0.2, -0.15) is 0 Å². The number of carbonyl (C=O) groups is 2. The number of nitrogens with two attached hydrogens (primary N) is 1. The Hall–Kier alpha value is -1.36. The molecule has 1 atom stereocenters. The highest BCUT2D eigenvalue weighted by atomic mass is 79.9. The lowest BCUT2D eigenvalue weighted by atomic mass is 9.99. The van der Waals surface area contributed by atoms with Crippen LogP contribution in [-0.2, 0) is 4.79 Å². The smallest absolute Gasteiger partial charge is 0.254 e. The molecule has 19 heavy (non-hydrogen) atoms. The number of aryl methyl sites for hydroxylation is 1. The standard InChI is InChI=1S/C14H17BrN2O2/c1-9-5-6-10(15)8-11(9)14(19)17-7-3-2-4-12(17)13(16)18/h5-6,8,12H,2-4,7H2,1H3,(H2,16,18). The van der Waals surface area contributed by atoms with Crippen LogP contribution in [0.2, 0.25) is 0 Å². The Balaban J connectivity index is 2.31. The molecule has 1 aliphatic rings. The molecule has 102 valence electrons. The molecule has 1 heterocycles. The number of hydrogen-bond donors (Lipinski definition) is 1. The van der Waals surface area contributed by atoms with E-state index < -0.39 is 11.9 Å². The van der Waals surface area contributed by atoms with E-state index >= 15 is 0 Å². The molecule has 1 unspecified atom stereocenters. The maximum Gasteiger partial charge on any atom is 0.254 e. The SMILES string of the molecule is Cc1ccc(Br)cc1C(=O)N1CCCCC1C(N)=O. The predicted octanol–water partition coefficient (Wildman–Crippen LogP) is 2.24. The Kier molecular flexibility index (Phi) is 4.24. The van der Waals surface area contributed by atoms with Gasteiger partial charge in [-0.25, -0.2) is 0 Å². The molecular weight excluding hydrogens is 308 g/mol. The van der Waals surface area contributed by atoms with Gasteiger partial charge in [-0.3, -0.25) is 9.59 Å². The van der Waals surface area contributed by atoms with Crippen LogP contribution in [0.3, 0.4) is 0 Å². The van der Waals surface area contributed by atoms with Crippen LogP contribution < -0.4 is 5.73 Å². The van der Waals surface area contributed by atoms with E-state index in [4.69, 9.17) is 5.73 Å². The molecule has 4 nitrogen and oxygen atoms in total. The van der Waals surface area contributed by atoms with Crippen LogP contribution in [0.15, 0.2) is 22.7 Å². The fraction of sp³-hybridized carbons (Fsp3) is 0.429. The molecule has 1 aliphatic heterocycles. The van der Waals surface area contributed by atoms with Crippen molar-refractivity contribution in [3.05, 3.63) is 33.8 Å². The molecule has 2 rings (SSSR count). The average Bonchev–Trinajstić information content (AvgIpc) is 2.40. The minimum atomic E-state index is -0.473. The third-order valence-corrected chi connectivity index (χ3v) is 4.02. The van der Waals surface area contributed by atoms with Crippen LogP contribution in [-0.4, -0.2) is 29.3 Å². The second kappa shape index (κ2) is 5.74. The van der Waals surface area contributed by atoms with E-state index in [1.54, 1.807) is 11.0 Å². The van der Waals surface area contributed by atoms with Crippen molar-refractivity contribution in [3.63, 3.8) is 0 Å². The highest BCUT2D eigenvalue weighted by molar-refractivity contribution is 9.10. The molecule has 1 aromatic rings. The normalized spacial score (nSPS) is 19.3. The highest BCUT2D eigenvalue weighted by Crippen LogP contribution is 2.23. The monoisotopic (exact) mass is 324 g/mol. The Labute approximate surface area is 121 Å². The number of amides is 2. The number of piperidine rings is 1. The van der Waals surface area contributed by atoms with Gasteiger partial charge in [-0.1, -0.05) is 22.0 Å². The maximum atomic E-state index is 12.6. The molecule has 0 aromatic heterocycles. The van der Waals surface area contributed by atoms with Crippen LogP contribution in [0, 0.1) is 6.92 Å². The van der Waals surface area contributed by atoms with E-state index in [2.05, 4.69) is 15.9 Å². The van der Waals surface area contributed by atoms with Crippen molar-refractivity contribution in [2.45, 2.75) is 32.2 Å². The molecule has 2 N–H and O–H groups in total. The average molecular weight is 325 g/mol. The van der Waals surface area contributed by atoms with E-state index in [1.165, 1.54) is 0 Å². The Bertz CT molecular complexity index is 516. The fourth-order valence-corrected chi connectivity index (χ4v) is 2.81. The van der Waals surface area contributed by atoms with Gasteiger partial charge in [0.2, 0.25) is 5.91 Å². The zero-order valence-corrected chi connectivity index (χ0v) is 12.4. The van der Waals surface area contributed by atoms with Crippen LogP contribution in [0.25, 0.3) is 0 Å². The summed E-state index contributed by atoms with van der Waals surface area (Å²) in [4.78, 5) is 25.7. The molecule has 0 saturated carbocycles. The van der Waals surface area contributed by atoms with Crippen molar-refractivity contribution < 1.29 is 9.59 Å². The summed E-state index contributed by atoms with van der Waals surface area (Å²) in [6.45, 7) is 2.49. The maximum absolute atomic E-state index is 12.6. The van der Waals surface area contributed by atoms with Gasteiger partial charge in [0.15, 0.2) is 0 Å². The molecule has 2 amide bonds. The molecular formula is C14H17BrN2O2. The lowest BCUT2D eigenvalue weighted by Crippen LogP contribution is -2.50. The van der Waals surface area contributed by atoms with Gasteiger partial charge >= 0.3 is 0 Å². The summed E-state index contributed by atoms with van der Waals surface area (Å²) in [5.74, 6) is -0.525. The van der Waals surface area contributed by atoms with Crippen molar-refractivity contribution >= 4 is 27.7 Å². The molecule has 1 saturated heterocycles. The van der Waals surface area contributed by atoms with E-state index in [0.717, 1.165) is 22.9 Å². The summed E-state index contributed by atoms with van der Waals surface area (Å²) < 4.78 is 0.856.